The molecule has 31 heavy (non-hydrogen) atoms. The molecule has 3 aromatic rings. The predicted molar refractivity (Wildman–Crippen MR) is 112 cm³/mol. The molecule has 3 N–H and O–H groups in total. The lowest BCUT2D eigenvalue weighted by atomic mass is 10.00. The summed E-state index contributed by atoms with van der Waals surface area (Å²) < 4.78 is 10.5. The van der Waals surface area contributed by atoms with E-state index in [2.05, 4.69) is 15.5 Å². The summed E-state index contributed by atoms with van der Waals surface area (Å²) in [6.45, 7) is 2.12. The van der Waals surface area contributed by atoms with Gasteiger partial charge in [-0.2, -0.15) is 5.10 Å². The number of hydrogen-bond donors (Lipinski definition) is 3. The van der Waals surface area contributed by atoms with Gasteiger partial charge in [0.2, 0.25) is 5.91 Å². The number of amides is 2. The van der Waals surface area contributed by atoms with Gasteiger partial charge < -0.3 is 19.6 Å². The third-order valence-electron chi connectivity index (χ3n) is 5.76. The van der Waals surface area contributed by atoms with Crippen LogP contribution in [0.15, 0.2) is 35.1 Å². The number of benzene rings is 1. The van der Waals surface area contributed by atoms with Crippen molar-refractivity contribution in [3.05, 3.63) is 41.9 Å². The number of rotatable bonds is 4. The summed E-state index contributed by atoms with van der Waals surface area (Å²) in [5.74, 6) is -0.0894. The summed E-state index contributed by atoms with van der Waals surface area (Å²) in [6.07, 6.45) is 4.56. The molecule has 3 heterocycles. The Morgan fingerprint density at radius 1 is 1.32 bits per heavy atom. The molecule has 1 aromatic carbocycles. The number of aromatic nitrogens is 2. The van der Waals surface area contributed by atoms with E-state index in [1.807, 2.05) is 18.2 Å². The monoisotopic (exact) mass is 422 g/mol. The number of H-pyrrole nitrogens is 1. The molecule has 5 rings (SSSR count). The summed E-state index contributed by atoms with van der Waals surface area (Å²) in [6, 6.07) is 5.90. The first-order chi connectivity index (χ1) is 15.0. The summed E-state index contributed by atoms with van der Waals surface area (Å²) >= 11 is 0. The smallest absolute Gasteiger partial charge is 0.414 e. The van der Waals surface area contributed by atoms with Gasteiger partial charge in [0.25, 0.3) is 0 Å². The second kappa shape index (κ2) is 7.50. The fourth-order valence-corrected chi connectivity index (χ4v) is 4.27. The van der Waals surface area contributed by atoms with Crippen LogP contribution in [0, 0.1) is 0 Å². The number of nitrogens with zero attached hydrogens (tertiary/aromatic N) is 2. The van der Waals surface area contributed by atoms with Gasteiger partial charge in [-0.15, -0.1) is 0 Å². The number of fused-ring (bicyclic) bond motifs is 3. The first-order valence-electron chi connectivity index (χ1n) is 10.2. The zero-order valence-electron chi connectivity index (χ0n) is 17.0. The molecule has 1 aliphatic carbocycles. The van der Waals surface area contributed by atoms with Crippen molar-refractivity contribution >= 4 is 17.7 Å². The van der Waals surface area contributed by atoms with E-state index in [9.17, 15) is 14.7 Å². The highest BCUT2D eigenvalue weighted by Crippen LogP contribution is 2.40. The lowest BCUT2D eigenvalue weighted by Gasteiger charge is -2.16. The second-order valence-corrected chi connectivity index (χ2v) is 7.84. The van der Waals surface area contributed by atoms with Crippen LogP contribution in [0.5, 0.6) is 5.75 Å². The standard InChI is InChI=1S/C22H22N4O5/c1-12(27)23-8-15-9-26(22(29)31-15)14-5-6-16-13(7-14)3-2-4-17-20(16)24-25-21(17)18-10-30-11-19(18)28/h5-7,10-11,15,28H,2-4,8-9H2,1H3,(H,23,27)(H,24,25). The Morgan fingerprint density at radius 3 is 2.97 bits per heavy atom. The predicted octanol–water partition coefficient (Wildman–Crippen LogP) is 2.99. The minimum absolute atomic E-state index is 0.0653. The molecule has 0 radical (unpaired) electrons. The van der Waals surface area contributed by atoms with E-state index in [1.165, 1.54) is 19.5 Å². The molecule has 1 unspecified atom stereocenters. The van der Waals surface area contributed by atoms with Crippen LogP contribution in [0.1, 0.15) is 24.5 Å². The van der Waals surface area contributed by atoms with E-state index in [0.717, 1.165) is 47.3 Å². The number of cyclic esters (lactones) is 1. The second-order valence-electron chi connectivity index (χ2n) is 7.84. The number of hydrogen-bond acceptors (Lipinski definition) is 6. The van der Waals surface area contributed by atoms with Crippen LogP contribution in [0.4, 0.5) is 10.5 Å². The molecule has 1 fully saturated rings. The molecular formula is C22H22N4O5. The molecule has 9 nitrogen and oxygen atoms in total. The zero-order valence-corrected chi connectivity index (χ0v) is 17.0. The zero-order chi connectivity index (χ0) is 21.5. The molecule has 160 valence electrons. The Morgan fingerprint density at radius 2 is 2.19 bits per heavy atom. The summed E-state index contributed by atoms with van der Waals surface area (Å²) in [4.78, 5) is 25.1. The van der Waals surface area contributed by atoms with Gasteiger partial charge in [-0.1, -0.05) is 6.07 Å². The Bertz CT molecular complexity index is 1160. The van der Waals surface area contributed by atoms with Crippen molar-refractivity contribution in [2.24, 2.45) is 0 Å². The van der Waals surface area contributed by atoms with Crippen LogP contribution in [0.3, 0.4) is 0 Å². The Labute approximate surface area is 178 Å². The van der Waals surface area contributed by atoms with Crippen LogP contribution in [-0.2, 0) is 22.4 Å². The number of furan rings is 1. The van der Waals surface area contributed by atoms with Crippen molar-refractivity contribution in [1.29, 1.82) is 0 Å². The van der Waals surface area contributed by atoms with E-state index in [1.54, 1.807) is 4.90 Å². The molecule has 9 heteroatoms. The molecular weight excluding hydrogens is 400 g/mol. The molecule has 2 aromatic heterocycles. The molecule has 1 aliphatic heterocycles. The normalized spacial score (nSPS) is 17.6. The summed E-state index contributed by atoms with van der Waals surface area (Å²) in [7, 11) is 0. The fraction of sp³-hybridized carbons (Fsp3) is 0.318. The number of carbonyl (C=O) groups excluding carboxylic acids is 2. The minimum atomic E-state index is -0.413. The highest BCUT2D eigenvalue weighted by Gasteiger charge is 2.33. The van der Waals surface area contributed by atoms with Gasteiger partial charge in [-0.25, -0.2) is 4.79 Å². The summed E-state index contributed by atoms with van der Waals surface area (Å²) in [5, 5.41) is 20.3. The number of aromatic amines is 1. The molecule has 1 atom stereocenters. The highest BCUT2D eigenvalue weighted by molar-refractivity contribution is 5.91. The Hall–Kier alpha value is -3.75. The van der Waals surface area contributed by atoms with Gasteiger partial charge in [-0.3, -0.25) is 14.8 Å². The number of carbonyl (C=O) groups is 2. The average molecular weight is 422 g/mol. The van der Waals surface area contributed by atoms with Crippen LogP contribution in [0.2, 0.25) is 0 Å². The van der Waals surface area contributed by atoms with E-state index in [-0.39, 0.29) is 17.8 Å². The van der Waals surface area contributed by atoms with Gasteiger partial charge in [0.1, 0.15) is 24.3 Å². The van der Waals surface area contributed by atoms with Crippen molar-refractivity contribution in [1.82, 2.24) is 15.5 Å². The van der Waals surface area contributed by atoms with Crippen molar-refractivity contribution in [2.45, 2.75) is 32.3 Å². The lowest BCUT2D eigenvalue weighted by molar-refractivity contribution is -0.119. The average Bonchev–Trinajstić information content (AvgIpc) is 3.42. The van der Waals surface area contributed by atoms with Gasteiger partial charge in [0.15, 0.2) is 5.75 Å². The number of aryl methyl sites for hydroxylation is 1. The van der Waals surface area contributed by atoms with Crippen LogP contribution in [-0.4, -0.2) is 46.5 Å². The van der Waals surface area contributed by atoms with Gasteiger partial charge in [0.05, 0.1) is 24.3 Å². The Kier molecular flexibility index (Phi) is 4.65. The Balaban J connectivity index is 1.44. The lowest BCUT2D eigenvalue weighted by Crippen LogP contribution is -2.33. The third kappa shape index (κ3) is 3.41. The maximum absolute atomic E-state index is 12.4. The fourth-order valence-electron chi connectivity index (χ4n) is 4.27. The minimum Gasteiger partial charge on any atom is -0.504 e. The van der Waals surface area contributed by atoms with E-state index in [4.69, 9.17) is 9.15 Å². The molecule has 1 saturated heterocycles. The van der Waals surface area contributed by atoms with Crippen molar-refractivity contribution in [3.8, 4) is 28.3 Å². The van der Waals surface area contributed by atoms with E-state index >= 15 is 0 Å². The van der Waals surface area contributed by atoms with Crippen molar-refractivity contribution < 1.29 is 23.8 Å². The van der Waals surface area contributed by atoms with Crippen molar-refractivity contribution in [2.75, 3.05) is 18.0 Å². The molecule has 2 amide bonds. The molecule has 0 saturated carbocycles. The number of aromatic hydroxyl groups is 1. The number of anilines is 1. The highest BCUT2D eigenvalue weighted by atomic mass is 16.6. The van der Waals surface area contributed by atoms with Gasteiger partial charge >= 0.3 is 6.09 Å². The SMILES string of the molecule is CC(=O)NCC1CN(c2ccc3c(c2)CCCc2c(-c4cocc4O)n[nH]c2-3)C(=O)O1. The third-order valence-corrected chi connectivity index (χ3v) is 5.76. The maximum Gasteiger partial charge on any atom is 0.414 e. The van der Waals surface area contributed by atoms with E-state index < -0.39 is 6.09 Å². The van der Waals surface area contributed by atoms with Gasteiger partial charge in [0, 0.05) is 23.7 Å². The molecule has 2 aliphatic rings. The number of ether oxygens (including phenoxy) is 1. The quantitative estimate of drug-likeness (QED) is 0.594. The first-order valence-corrected chi connectivity index (χ1v) is 10.2. The van der Waals surface area contributed by atoms with Gasteiger partial charge in [-0.05, 0) is 37.0 Å². The molecule has 0 spiro atoms. The van der Waals surface area contributed by atoms with Crippen LogP contribution >= 0.6 is 0 Å². The summed E-state index contributed by atoms with van der Waals surface area (Å²) in [5.41, 5.74) is 6.14. The largest absolute Gasteiger partial charge is 0.504 e. The number of nitrogens with one attached hydrogen (secondary N) is 2. The van der Waals surface area contributed by atoms with Crippen LogP contribution in [0.25, 0.3) is 22.5 Å². The molecule has 0 bridgehead atoms. The topological polar surface area (TPSA) is 121 Å². The van der Waals surface area contributed by atoms with E-state index in [0.29, 0.717) is 24.3 Å². The first kappa shape index (κ1) is 19.2. The maximum atomic E-state index is 12.4. The van der Waals surface area contributed by atoms with Crippen molar-refractivity contribution in [3.63, 3.8) is 0 Å². The van der Waals surface area contributed by atoms with Crippen LogP contribution < -0.4 is 10.2 Å².